The summed E-state index contributed by atoms with van der Waals surface area (Å²) in [6.07, 6.45) is 2.10. The van der Waals surface area contributed by atoms with Crippen molar-refractivity contribution in [1.29, 1.82) is 0 Å². The molecule has 4 rings (SSSR count). The number of nitrogens with one attached hydrogen (secondary N) is 2. The molecule has 1 aliphatic heterocycles. The van der Waals surface area contributed by atoms with E-state index in [1.807, 2.05) is 18.2 Å². The number of H-pyrrole nitrogens is 2. The number of imidazole rings is 1. The molecule has 2 heterocycles. The van der Waals surface area contributed by atoms with Gasteiger partial charge in [-0.1, -0.05) is 6.07 Å². The Morgan fingerprint density at radius 2 is 1.95 bits per heavy atom. The predicted octanol–water partition coefficient (Wildman–Crippen LogP) is 0.897. The lowest BCUT2D eigenvalue weighted by molar-refractivity contribution is -0.110. The summed E-state index contributed by atoms with van der Waals surface area (Å²) in [6.45, 7) is 1.53. The van der Waals surface area contributed by atoms with Crippen molar-refractivity contribution in [3.63, 3.8) is 0 Å². The average Bonchev–Trinajstić information content (AvgIpc) is 3.04. The molecule has 0 unspecified atom stereocenters. The van der Waals surface area contributed by atoms with E-state index in [0.29, 0.717) is 13.2 Å². The van der Waals surface area contributed by atoms with Crippen LogP contribution >= 0.6 is 0 Å². The van der Waals surface area contributed by atoms with Crippen molar-refractivity contribution in [2.24, 2.45) is 5.41 Å². The van der Waals surface area contributed by atoms with Crippen molar-refractivity contribution in [2.45, 2.75) is 18.3 Å². The highest BCUT2D eigenvalue weighted by molar-refractivity contribution is 5.75. The lowest BCUT2D eigenvalue weighted by Gasteiger charge is -2.48. The van der Waals surface area contributed by atoms with Crippen molar-refractivity contribution < 1.29 is 9.84 Å². The molecule has 2 aliphatic rings. The van der Waals surface area contributed by atoms with Gasteiger partial charge < -0.3 is 19.8 Å². The van der Waals surface area contributed by atoms with Crippen molar-refractivity contribution in [3.05, 3.63) is 34.2 Å². The van der Waals surface area contributed by atoms with E-state index in [-0.39, 0.29) is 23.1 Å². The molecule has 0 radical (unpaired) electrons. The van der Waals surface area contributed by atoms with Crippen LogP contribution in [0.3, 0.4) is 0 Å². The first kappa shape index (κ1) is 11.3. The number of hydrogen-bond acceptors (Lipinski definition) is 3. The van der Waals surface area contributed by atoms with Gasteiger partial charge in [0.1, 0.15) is 0 Å². The van der Waals surface area contributed by atoms with Crippen LogP contribution in [-0.2, 0) is 10.2 Å². The molecule has 0 amide bonds. The lowest BCUT2D eigenvalue weighted by Crippen LogP contribution is -2.54. The summed E-state index contributed by atoms with van der Waals surface area (Å²) < 4.78 is 5.45. The number of aromatic nitrogens is 2. The molecule has 2 aromatic rings. The van der Waals surface area contributed by atoms with E-state index in [2.05, 4.69) is 9.97 Å². The molecule has 2 fully saturated rings. The third-order valence-electron chi connectivity index (χ3n) is 4.94. The van der Waals surface area contributed by atoms with Gasteiger partial charge in [0.15, 0.2) is 0 Å². The molecule has 1 aromatic carbocycles. The van der Waals surface area contributed by atoms with E-state index in [4.69, 9.17) is 4.74 Å². The standard InChI is InChI=1S/C14H16N2O3/c17-6-13(3-4-13)14(7-19-8-14)9-1-2-10-11(5-9)16-12(18)15-10/h1-2,5,17H,3-4,6-8H2,(H2,15,16,18). The van der Waals surface area contributed by atoms with Crippen molar-refractivity contribution in [3.8, 4) is 0 Å². The molecule has 19 heavy (non-hydrogen) atoms. The predicted molar refractivity (Wildman–Crippen MR) is 70.2 cm³/mol. The first-order valence-corrected chi connectivity index (χ1v) is 6.60. The molecule has 1 aromatic heterocycles. The van der Waals surface area contributed by atoms with E-state index in [1.54, 1.807) is 0 Å². The minimum absolute atomic E-state index is 0.0183. The third-order valence-corrected chi connectivity index (χ3v) is 4.94. The summed E-state index contributed by atoms with van der Waals surface area (Å²) in [5.41, 5.74) is 2.52. The Labute approximate surface area is 109 Å². The van der Waals surface area contributed by atoms with Gasteiger partial charge in [-0.25, -0.2) is 4.79 Å². The fraction of sp³-hybridized carbons (Fsp3) is 0.500. The third kappa shape index (κ3) is 1.34. The minimum atomic E-state index is -0.186. The Balaban J connectivity index is 1.86. The number of fused-ring (bicyclic) bond motifs is 1. The number of benzene rings is 1. The second-order valence-electron chi connectivity index (χ2n) is 5.85. The van der Waals surface area contributed by atoms with Gasteiger partial charge in [0.05, 0.1) is 24.2 Å². The second kappa shape index (κ2) is 3.49. The van der Waals surface area contributed by atoms with Crippen LogP contribution < -0.4 is 5.69 Å². The van der Waals surface area contributed by atoms with E-state index >= 15 is 0 Å². The van der Waals surface area contributed by atoms with Gasteiger partial charge in [0.25, 0.3) is 0 Å². The van der Waals surface area contributed by atoms with Crippen molar-refractivity contribution in [2.75, 3.05) is 19.8 Å². The largest absolute Gasteiger partial charge is 0.396 e. The maximum Gasteiger partial charge on any atom is 0.323 e. The quantitative estimate of drug-likeness (QED) is 0.767. The number of aliphatic hydroxyl groups is 1. The van der Waals surface area contributed by atoms with Gasteiger partial charge in [-0.05, 0) is 30.5 Å². The van der Waals surface area contributed by atoms with Gasteiger partial charge in [0.2, 0.25) is 0 Å². The SMILES string of the molecule is O=c1[nH]c2ccc(C3(C4(CO)CC4)COC3)cc2[nH]1. The Kier molecular flexibility index (Phi) is 2.07. The maximum absolute atomic E-state index is 11.3. The molecular formula is C14H16N2O3. The van der Waals surface area contributed by atoms with Crippen LogP contribution in [0.25, 0.3) is 11.0 Å². The fourth-order valence-electron chi connectivity index (χ4n) is 3.35. The fourth-order valence-corrected chi connectivity index (χ4v) is 3.35. The van der Waals surface area contributed by atoms with Crippen LogP contribution in [0.4, 0.5) is 0 Å². The Hall–Kier alpha value is -1.59. The number of ether oxygens (including phenoxy) is 1. The van der Waals surface area contributed by atoms with Crippen LogP contribution in [0.2, 0.25) is 0 Å². The highest BCUT2D eigenvalue weighted by Gasteiger charge is 2.63. The Morgan fingerprint density at radius 1 is 1.21 bits per heavy atom. The van der Waals surface area contributed by atoms with Gasteiger partial charge in [0, 0.05) is 17.4 Å². The molecule has 1 saturated heterocycles. The summed E-state index contributed by atoms with van der Waals surface area (Å²) in [5, 5.41) is 9.72. The summed E-state index contributed by atoms with van der Waals surface area (Å²) >= 11 is 0. The summed E-state index contributed by atoms with van der Waals surface area (Å²) in [7, 11) is 0. The van der Waals surface area contributed by atoms with Gasteiger partial charge in [-0.15, -0.1) is 0 Å². The number of aliphatic hydroxyl groups excluding tert-OH is 1. The average molecular weight is 260 g/mol. The molecule has 0 bridgehead atoms. The zero-order valence-electron chi connectivity index (χ0n) is 10.5. The van der Waals surface area contributed by atoms with Gasteiger partial charge >= 0.3 is 5.69 Å². The summed E-state index contributed by atoms with van der Waals surface area (Å²) in [6, 6.07) is 5.99. The first-order chi connectivity index (χ1) is 9.19. The van der Waals surface area contributed by atoms with Crippen LogP contribution in [0, 0.1) is 5.41 Å². The van der Waals surface area contributed by atoms with Crippen LogP contribution in [0.15, 0.2) is 23.0 Å². The zero-order valence-corrected chi connectivity index (χ0v) is 10.5. The number of rotatable bonds is 3. The highest BCUT2D eigenvalue weighted by atomic mass is 16.5. The van der Waals surface area contributed by atoms with Crippen LogP contribution in [-0.4, -0.2) is 34.9 Å². The second-order valence-corrected chi connectivity index (χ2v) is 5.85. The van der Waals surface area contributed by atoms with E-state index in [1.165, 1.54) is 0 Å². The van der Waals surface area contributed by atoms with Crippen LogP contribution in [0.1, 0.15) is 18.4 Å². The first-order valence-electron chi connectivity index (χ1n) is 6.60. The summed E-state index contributed by atoms with van der Waals surface area (Å²) in [5.74, 6) is 0. The van der Waals surface area contributed by atoms with Crippen molar-refractivity contribution in [1.82, 2.24) is 9.97 Å². The molecule has 5 heteroatoms. The molecule has 0 atom stereocenters. The monoisotopic (exact) mass is 260 g/mol. The minimum Gasteiger partial charge on any atom is -0.396 e. The molecule has 1 saturated carbocycles. The molecule has 3 N–H and O–H groups in total. The smallest absolute Gasteiger partial charge is 0.323 e. The molecule has 0 spiro atoms. The topological polar surface area (TPSA) is 78.1 Å². The number of aromatic amines is 2. The van der Waals surface area contributed by atoms with Gasteiger partial charge in [-0.2, -0.15) is 0 Å². The van der Waals surface area contributed by atoms with E-state index < -0.39 is 0 Å². The normalized spacial score (nSPS) is 23.2. The summed E-state index contributed by atoms with van der Waals surface area (Å²) in [4.78, 5) is 16.9. The Bertz CT molecular complexity index is 692. The van der Waals surface area contributed by atoms with Crippen LogP contribution in [0.5, 0.6) is 0 Å². The lowest BCUT2D eigenvalue weighted by atomic mass is 9.66. The molecule has 100 valence electrons. The molecular weight excluding hydrogens is 244 g/mol. The molecule has 1 aliphatic carbocycles. The maximum atomic E-state index is 11.3. The molecule has 5 nitrogen and oxygen atoms in total. The van der Waals surface area contributed by atoms with Crippen molar-refractivity contribution >= 4 is 11.0 Å². The van der Waals surface area contributed by atoms with Gasteiger partial charge in [-0.3, -0.25) is 0 Å². The highest BCUT2D eigenvalue weighted by Crippen LogP contribution is 2.62. The Morgan fingerprint density at radius 3 is 2.53 bits per heavy atom. The van der Waals surface area contributed by atoms with E-state index in [0.717, 1.165) is 29.4 Å². The van der Waals surface area contributed by atoms with E-state index in [9.17, 15) is 9.90 Å². The number of hydrogen-bond donors (Lipinski definition) is 3. The zero-order chi connectivity index (χ0) is 13.1.